The summed E-state index contributed by atoms with van der Waals surface area (Å²) in [4.78, 5) is 40.8. The Balaban J connectivity index is 2.58. The van der Waals surface area contributed by atoms with Gasteiger partial charge in [-0.2, -0.15) is 0 Å². The normalized spacial score (nSPS) is 11.9. The number of aliphatic carboxylic acids is 1. The van der Waals surface area contributed by atoms with Crippen LogP contribution in [0.25, 0.3) is 11.3 Å². The molecule has 1 heterocycles. The molecule has 1 atom stereocenters. The zero-order valence-corrected chi connectivity index (χ0v) is 17.0. The SMILES string of the molecule is CC[C@@H](C)NC(=O)c1cc(N)cc(-c2cnc(NC(C)C)c(=O)n2CC(=O)O)c1. The fraction of sp³-hybridized carbons (Fsp3) is 0.400. The van der Waals surface area contributed by atoms with E-state index in [1.54, 1.807) is 12.1 Å². The molecule has 0 saturated carbocycles. The van der Waals surface area contributed by atoms with Crippen molar-refractivity contribution in [3.8, 4) is 11.3 Å². The summed E-state index contributed by atoms with van der Waals surface area (Å²) in [6.07, 6.45) is 2.17. The highest BCUT2D eigenvalue weighted by Gasteiger charge is 2.17. The lowest BCUT2D eigenvalue weighted by Crippen LogP contribution is -2.32. The van der Waals surface area contributed by atoms with Crippen LogP contribution < -0.4 is 21.9 Å². The van der Waals surface area contributed by atoms with Crippen LogP contribution in [0.5, 0.6) is 0 Å². The third-order valence-electron chi connectivity index (χ3n) is 4.28. The van der Waals surface area contributed by atoms with E-state index in [0.29, 0.717) is 16.8 Å². The fourth-order valence-corrected chi connectivity index (χ4v) is 2.72. The highest BCUT2D eigenvalue weighted by atomic mass is 16.4. The van der Waals surface area contributed by atoms with Crippen LogP contribution in [-0.2, 0) is 11.3 Å². The van der Waals surface area contributed by atoms with Gasteiger partial charge in [-0.25, -0.2) is 4.98 Å². The maximum Gasteiger partial charge on any atom is 0.323 e. The van der Waals surface area contributed by atoms with Gasteiger partial charge in [0.15, 0.2) is 5.82 Å². The molecule has 0 fully saturated rings. The van der Waals surface area contributed by atoms with Crippen molar-refractivity contribution >= 4 is 23.4 Å². The Hall–Kier alpha value is -3.36. The molecule has 5 N–H and O–H groups in total. The molecule has 29 heavy (non-hydrogen) atoms. The number of nitrogens with two attached hydrogens (primary N) is 1. The van der Waals surface area contributed by atoms with E-state index in [0.717, 1.165) is 11.0 Å². The Morgan fingerprint density at radius 3 is 2.52 bits per heavy atom. The van der Waals surface area contributed by atoms with Gasteiger partial charge < -0.3 is 21.5 Å². The van der Waals surface area contributed by atoms with Gasteiger partial charge in [0.1, 0.15) is 6.54 Å². The van der Waals surface area contributed by atoms with Crippen molar-refractivity contribution in [2.75, 3.05) is 11.1 Å². The number of carboxylic acids is 1. The molecule has 0 bridgehead atoms. The third-order valence-corrected chi connectivity index (χ3v) is 4.28. The van der Waals surface area contributed by atoms with Gasteiger partial charge in [0.25, 0.3) is 11.5 Å². The molecular weight excluding hydrogens is 374 g/mol. The standard InChI is InChI=1S/C20H27N5O4/c1-5-12(4)24-19(28)14-6-13(7-15(21)8-14)16-9-22-18(23-11(2)3)20(29)25(16)10-17(26)27/h6-9,11-12H,5,10,21H2,1-4H3,(H,22,23)(H,24,28)(H,26,27)/t12-/m1/s1. The number of carbonyl (C=O) groups is 2. The monoisotopic (exact) mass is 401 g/mol. The molecule has 0 unspecified atom stereocenters. The summed E-state index contributed by atoms with van der Waals surface area (Å²) in [7, 11) is 0. The minimum absolute atomic E-state index is 0.0133. The van der Waals surface area contributed by atoms with E-state index in [9.17, 15) is 19.5 Å². The van der Waals surface area contributed by atoms with Crippen molar-refractivity contribution < 1.29 is 14.7 Å². The first-order valence-corrected chi connectivity index (χ1v) is 9.42. The van der Waals surface area contributed by atoms with Crippen LogP contribution in [0, 0.1) is 0 Å². The Bertz CT molecular complexity index is 968. The summed E-state index contributed by atoms with van der Waals surface area (Å²) in [6.45, 7) is 6.98. The number of aromatic nitrogens is 2. The highest BCUT2D eigenvalue weighted by Crippen LogP contribution is 2.23. The minimum Gasteiger partial charge on any atom is -0.480 e. The maximum absolute atomic E-state index is 12.8. The van der Waals surface area contributed by atoms with Gasteiger partial charge in [0, 0.05) is 28.9 Å². The van der Waals surface area contributed by atoms with Crippen LogP contribution >= 0.6 is 0 Å². The summed E-state index contributed by atoms with van der Waals surface area (Å²) >= 11 is 0. The Morgan fingerprint density at radius 2 is 1.93 bits per heavy atom. The number of hydrogen-bond acceptors (Lipinski definition) is 6. The number of amides is 1. The number of hydrogen-bond donors (Lipinski definition) is 4. The van der Waals surface area contributed by atoms with Crippen molar-refractivity contribution in [1.29, 1.82) is 0 Å². The molecule has 0 aliphatic heterocycles. The van der Waals surface area contributed by atoms with Crippen LogP contribution in [0.2, 0.25) is 0 Å². The lowest BCUT2D eigenvalue weighted by Gasteiger charge is -2.16. The second-order valence-corrected chi connectivity index (χ2v) is 7.20. The minimum atomic E-state index is -1.17. The highest BCUT2D eigenvalue weighted by molar-refractivity contribution is 5.96. The van der Waals surface area contributed by atoms with Crippen molar-refractivity contribution in [3.63, 3.8) is 0 Å². The molecule has 1 aromatic carbocycles. The largest absolute Gasteiger partial charge is 0.480 e. The number of benzene rings is 1. The molecule has 2 aromatic rings. The van der Waals surface area contributed by atoms with Gasteiger partial charge >= 0.3 is 5.97 Å². The molecule has 1 aromatic heterocycles. The number of nitrogens with zero attached hydrogens (tertiary/aromatic N) is 2. The molecule has 0 radical (unpaired) electrons. The molecule has 1 amide bonds. The van der Waals surface area contributed by atoms with Crippen LogP contribution in [0.15, 0.2) is 29.2 Å². The van der Waals surface area contributed by atoms with Crippen LogP contribution in [-0.4, -0.2) is 38.6 Å². The van der Waals surface area contributed by atoms with Crippen molar-refractivity contribution in [1.82, 2.24) is 14.9 Å². The predicted molar refractivity (Wildman–Crippen MR) is 112 cm³/mol. The first-order chi connectivity index (χ1) is 13.6. The summed E-state index contributed by atoms with van der Waals surface area (Å²) in [5, 5.41) is 15.0. The number of carboxylic acid groups (broad SMARTS) is 1. The lowest BCUT2D eigenvalue weighted by atomic mass is 10.1. The quantitative estimate of drug-likeness (QED) is 0.496. The molecule has 2 rings (SSSR count). The van der Waals surface area contributed by atoms with Crippen LogP contribution in [0.1, 0.15) is 44.5 Å². The van der Waals surface area contributed by atoms with Gasteiger partial charge in [0.05, 0.1) is 11.9 Å². The molecule has 0 saturated heterocycles. The van der Waals surface area contributed by atoms with Crippen molar-refractivity contribution in [3.05, 3.63) is 40.3 Å². The fourth-order valence-electron chi connectivity index (χ4n) is 2.72. The van der Waals surface area contributed by atoms with E-state index >= 15 is 0 Å². The summed E-state index contributed by atoms with van der Waals surface area (Å²) in [5.41, 5.74) is 6.73. The molecule has 0 aliphatic carbocycles. The first kappa shape index (κ1) is 21.9. The van der Waals surface area contributed by atoms with E-state index in [4.69, 9.17) is 5.73 Å². The van der Waals surface area contributed by atoms with Crippen molar-refractivity contribution in [2.45, 2.75) is 52.7 Å². The van der Waals surface area contributed by atoms with E-state index < -0.39 is 18.1 Å². The molecule has 156 valence electrons. The number of nitrogen functional groups attached to an aromatic ring is 1. The van der Waals surface area contributed by atoms with E-state index in [-0.39, 0.29) is 29.5 Å². The second kappa shape index (κ2) is 9.22. The van der Waals surface area contributed by atoms with Crippen LogP contribution in [0.4, 0.5) is 11.5 Å². The summed E-state index contributed by atoms with van der Waals surface area (Å²) in [6, 6.07) is 4.61. The number of anilines is 2. The Morgan fingerprint density at radius 1 is 1.24 bits per heavy atom. The molecule has 0 aliphatic rings. The van der Waals surface area contributed by atoms with Crippen LogP contribution in [0.3, 0.4) is 0 Å². The summed E-state index contributed by atoms with van der Waals surface area (Å²) < 4.78 is 1.10. The second-order valence-electron chi connectivity index (χ2n) is 7.20. The Labute approximate surface area is 169 Å². The Kier molecular flexibility index (Phi) is 6.98. The van der Waals surface area contributed by atoms with Gasteiger partial charge in [-0.15, -0.1) is 0 Å². The smallest absolute Gasteiger partial charge is 0.323 e. The summed E-state index contributed by atoms with van der Waals surface area (Å²) in [5.74, 6) is -1.41. The maximum atomic E-state index is 12.8. The predicted octanol–water partition coefficient (Wildman–Crippen LogP) is 1.93. The number of carbonyl (C=O) groups excluding carboxylic acids is 1. The number of nitrogens with one attached hydrogen (secondary N) is 2. The zero-order chi connectivity index (χ0) is 21.7. The van der Waals surface area contributed by atoms with E-state index in [2.05, 4.69) is 15.6 Å². The molecule has 9 heteroatoms. The molecular formula is C20H27N5O4. The lowest BCUT2D eigenvalue weighted by molar-refractivity contribution is -0.137. The third kappa shape index (κ3) is 5.56. The molecule has 9 nitrogen and oxygen atoms in total. The van der Waals surface area contributed by atoms with Gasteiger partial charge in [0.2, 0.25) is 0 Å². The van der Waals surface area contributed by atoms with Crippen molar-refractivity contribution in [2.24, 2.45) is 0 Å². The van der Waals surface area contributed by atoms with E-state index in [1.165, 1.54) is 12.3 Å². The number of rotatable bonds is 8. The van der Waals surface area contributed by atoms with Gasteiger partial charge in [-0.3, -0.25) is 19.0 Å². The average Bonchev–Trinajstić information content (AvgIpc) is 2.63. The molecule has 0 spiro atoms. The van der Waals surface area contributed by atoms with E-state index in [1.807, 2.05) is 27.7 Å². The average molecular weight is 401 g/mol. The topological polar surface area (TPSA) is 139 Å². The first-order valence-electron chi connectivity index (χ1n) is 9.42. The zero-order valence-electron chi connectivity index (χ0n) is 17.0. The van der Waals surface area contributed by atoms with Gasteiger partial charge in [-0.1, -0.05) is 6.92 Å². The van der Waals surface area contributed by atoms with Gasteiger partial charge in [-0.05, 0) is 45.4 Å².